The zero-order chi connectivity index (χ0) is 18.7. The molecule has 0 aliphatic carbocycles. The minimum atomic E-state index is -1.10. The maximum absolute atomic E-state index is 13.0. The highest BCUT2D eigenvalue weighted by molar-refractivity contribution is 7.99. The lowest BCUT2D eigenvalue weighted by Crippen LogP contribution is -2.23. The normalized spacial score (nSPS) is 11.0. The molecule has 0 N–H and O–H groups in total. The van der Waals surface area contributed by atoms with E-state index in [1.165, 1.54) is 16.3 Å². The van der Waals surface area contributed by atoms with Crippen molar-refractivity contribution in [2.24, 2.45) is 0 Å². The molecule has 0 amide bonds. The number of aromatic nitrogens is 2. The van der Waals surface area contributed by atoms with E-state index in [-0.39, 0.29) is 12.0 Å². The summed E-state index contributed by atoms with van der Waals surface area (Å²) >= 11 is 13.5. The molecular weight excluding hydrogens is 395 g/mol. The molecule has 0 aliphatic rings. The summed E-state index contributed by atoms with van der Waals surface area (Å²) in [5, 5.41) is 12.3. The highest BCUT2D eigenvalue weighted by atomic mass is 35.5. The molecule has 0 atom stereocenters. The number of halogens is 2. The fourth-order valence-corrected chi connectivity index (χ4v) is 3.90. The zero-order valence-corrected chi connectivity index (χ0v) is 15.8. The number of hydrogen-bond acceptors (Lipinski definition) is 5. The predicted molar refractivity (Wildman–Crippen MR) is 102 cm³/mol. The van der Waals surface area contributed by atoms with E-state index in [4.69, 9.17) is 23.2 Å². The van der Waals surface area contributed by atoms with Crippen LogP contribution in [0.4, 0.5) is 0 Å². The lowest BCUT2D eigenvalue weighted by atomic mass is 10.2. The average Bonchev–Trinajstić information content (AvgIpc) is 2.60. The number of benzene rings is 2. The molecule has 1 heterocycles. The van der Waals surface area contributed by atoms with E-state index in [9.17, 15) is 14.7 Å². The first-order chi connectivity index (χ1) is 12.5. The summed E-state index contributed by atoms with van der Waals surface area (Å²) < 4.78 is 1.44. The molecule has 134 valence electrons. The monoisotopic (exact) mass is 407 g/mol. The first-order valence-electron chi connectivity index (χ1n) is 7.77. The van der Waals surface area contributed by atoms with Crippen LogP contribution in [-0.2, 0) is 4.79 Å². The van der Waals surface area contributed by atoms with Gasteiger partial charge >= 0.3 is 0 Å². The first kappa shape index (κ1) is 18.8. The molecule has 0 bridgehead atoms. The summed E-state index contributed by atoms with van der Waals surface area (Å²) in [4.78, 5) is 28.2. The Kier molecular flexibility index (Phi) is 5.86. The summed E-state index contributed by atoms with van der Waals surface area (Å²) in [5.41, 5.74) is 0.796. The summed E-state index contributed by atoms with van der Waals surface area (Å²) in [6, 6.07) is 11.9. The quantitative estimate of drug-likeness (QED) is 0.355. The van der Waals surface area contributed by atoms with Gasteiger partial charge in [0.05, 0.1) is 21.6 Å². The summed E-state index contributed by atoms with van der Waals surface area (Å²) in [6.07, 6.45) is 0.358. The van der Waals surface area contributed by atoms with Gasteiger partial charge in [-0.3, -0.25) is 9.36 Å². The third-order valence-electron chi connectivity index (χ3n) is 3.65. The molecule has 0 fully saturated rings. The van der Waals surface area contributed by atoms with Crippen LogP contribution < -0.4 is 10.7 Å². The van der Waals surface area contributed by atoms with Crippen molar-refractivity contribution in [3.8, 4) is 5.69 Å². The van der Waals surface area contributed by atoms with Gasteiger partial charge in [-0.2, -0.15) is 0 Å². The van der Waals surface area contributed by atoms with Gasteiger partial charge in [-0.1, -0.05) is 47.1 Å². The summed E-state index contributed by atoms with van der Waals surface area (Å²) in [6.45, 7) is 0. The van der Waals surface area contributed by atoms with Gasteiger partial charge in [-0.05, 0) is 43.2 Å². The SMILES string of the molecule is O=C([O-])CCCSc1nc2ccccc2c(=O)n1-c1ccc(Cl)cc1Cl. The smallest absolute Gasteiger partial charge is 0.266 e. The fraction of sp³-hybridized carbons (Fsp3) is 0.167. The fourth-order valence-electron chi connectivity index (χ4n) is 2.46. The van der Waals surface area contributed by atoms with Gasteiger partial charge in [0.15, 0.2) is 5.16 Å². The first-order valence-corrected chi connectivity index (χ1v) is 9.51. The number of fused-ring (bicyclic) bond motifs is 1. The van der Waals surface area contributed by atoms with Gasteiger partial charge in [-0.15, -0.1) is 0 Å². The molecule has 3 rings (SSSR count). The summed E-state index contributed by atoms with van der Waals surface area (Å²) in [7, 11) is 0. The number of carbonyl (C=O) groups excluding carboxylic acids is 1. The van der Waals surface area contributed by atoms with E-state index in [0.29, 0.717) is 44.0 Å². The van der Waals surface area contributed by atoms with Crippen LogP contribution in [-0.4, -0.2) is 21.3 Å². The number of nitrogens with zero attached hydrogens (tertiary/aromatic N) is 2. The predicted octanol–water partition coefficient (Wildman–Crippen LogP) is 3.31. The lowest BCUT2D eigenvalue weighted by Gasteiger charge is -2.14. The van der Waals surface area contributed by atoms with Crippen molar-refractivity contribution in [3.05, 3.63) is 62.9 Å². The topological polar surface area (TPSA) is 75.0 Å². The van der Waals surface area contributed by atoms with E-state index in [0.717, 1.165) is 0 Å². The van der Waals surface area contributed by atoms with Crippen LogP contribution in [0.1, 0.15) is 12.8 Å². The molecule has 0 saturated carbocycles. The molecule has 2 aromatic carbocycles. The van der Waals surface area contributed by atoms with Crippen molar-refractivity contribution in [2.75, 3.05) is 5.75 Å². The van der Waals surface area contributed by atoms with Crippen LogP contribution >= 0.6 is 35.0 Å². The number of carboxylic acid groups (broad SMARTS) is 1. The van der Waals surface area contributed by atoms with E-state index in [2.05, 4.69) is 4.98 Å². The van der Waals surface area contributed by atoms with E-state index >= 15 is 0 Å². The van der Waals surface area contributed by atoms with Crippen molar-refractivity contribution >= 4 is 51.8 Å². The van der Waals surface area contributed by atoms with Crippen LogP contribution in [0.15, 0.2) is 52.4 Å². The Bertz CT molecular complexity index is 1040. The maximum Gasteiger partial charge on any atom is 0.266 e. The second-order valence-electron chi connectivity index (χ2n) is 5.47. The lowest BCUT2D eigenvalue weighted by molar-refractivity contribution is -0.305. The number of para-hydroxylation sites is 1. The van der Waals surface area contributed by atoms with Crippen molar-refractivity contribution in [1.29, 1.82) is 0 Å². The van der Waals surface area contributed by atoms with Crippen molar-refractivity contribution in [2.45, 2.75) is 18.0 Å². The Labute approximate surface area is 163 Å². The van der Waals surface area contributed by atoms with Crippen molar-refractivity contribution < 1.29 is 9.90 Å². The second kappa shape index (κ2) is 8.12. The van der Waals surface area contributed by atoms with Gasteiger partial charge in [0, 0.05) is 16.7 Å². The number of hydrogen-bond donors (Lipinski definition) is 0. The molecule has 8 heteroatoms. The Balaban J connectivity index is 2.11. The Morgan fingerprint density at radius 1 is 1.19 bits per heavy atom. The highest BCUT2D eigenvalue weighted by Gasteiger charge is 2.15. The van der Waals surface area contributed by atoms with Gasteiger partial charge in [0.1, 0.15) is 0 Å². The van der Waals surface area contributed by atoms with Crippen molar-refractivity contribution in [3.63, 3.8) is 0 Å². The van der Waals surface area contributed by atoms with E-state index in [1.807, 2.05) is 0 Å². The van der Waals surface area contributed by atoms with E-state index in [1.54, 1.807) is 42.5 Å². The third-order valence-corrected chi connectivity index (χ3v) is 5.21. The molecule has 26 heavy (non-hydrogen) atoms. The number of rotatable bonds is 6. The second-order valence-corrected chi connectivity index (χ2v) is 7.38. The Hall–Kier alpha value is -2.02. The maximum atomic E-state index is 13.0. The standard InChI is InChI=1S/C18H14Cl2N2O3S/c19-11-7-8-15(13(20)10-11)22-17(25)12-4-1-2-5-14(12)21-18(22)26-9-3-6-16(23)24/h1-2,4-5,7-8,10H,3,6,9H2,(H,23,24)/p-1. The van der Waals surface area contributed by atoms with Crippen LogP contribution in [0.3, 0.4) is 0 Å². The number of thioether (sulfide) groups is 1. The molecule has 0 spiro atoms. The molecular formula is C18H13Cl2N2O3S-. The minimum Gasteiger partial charge on any atom is -0.550 e. The van der Waals surface area contributed by atoms with Crippen LogP contribution in [0.5, 0.6) is 0 Å². The van der Waals surface area contributed by atoms with E-state index < -0.39 is 5.97 Å². The molecule has 0 radical (unpaired) electrons. The number of carbonyl (C=O) groups is 1. The Morgan fingerprint density at radius 2 is 1.96 bits per heavy atom. The summed E-state index contributed by atoms with van der Waals surface area (Å²) in [5.74, 6) is -0.626. The molecule has 0 unspecified atom stereocenters. The third kappa shape index (κ3) is 4.03. The molecule has 1 aromatic heterocycles. The molecule has 3 aromatic rings. The number of carboxylic acids is 1. The molecule has 0 aliphatic heterocycles. The van der Waals surface area contributed by atoms with Crippen molar-refractivity contribution in [1.82, 2.24) is 9.55 Å². The van der Waals surface area contributed by atoms with Gasteiger partial charge in [0.25, 0.3) is 5.56 Å². The van der Waals surface area contributed by atoms with Gasteiger partial charge < -0.3 is 9.90 Å². The van der Waals surface area contributed by atoms with Gasteiger partial charge in [0.2, 0.25) is 0 Å². The minimum absolute atomic E-state index is 0.0491. The molecule has 5 nitrogen and oxygen atoms in total. The largest absolute Gasteiger partial charge is 0.550 e. The van der Waals surface area contributed by atoms with Crippen LogP contribution in [0, 0.1) is 0 Å². The average molecular weight is 408 g/mol. The molecule has 0 saturated heterocycles. The Morgan fingerprint density at radius 3 is 2.69 bits per heavy atom. The highest BCUT2D eigenvalue weighted by Crippen LogP contribution is 2.28. The van der Waals surface area contributed by atoms with Crippen LogP contribution in [0.25, 0.3) is 16.6 Å². The van der Waals surface area contributed by atoms with Gasteiger partial charge in [-0.25, -0.2) is 4.98 Å². The van der Waals surface area contributed by atoms with Crippen LogP contribution in [0.2, 0.25) is 10.0 Å². The zero-order valence-electron chi connectivity index (χ0n) is 13.4. The number of aliphatic carboxylic acids is 1.